The summed E-state index contributed by atoms with van der Waals surface area (Å²) in [5.74, 6) is 0. The number of rotatable bonds is 3. The highest BCUT2D eigenvalue weighted by atomic mass is 32.1. The smallest absolute Gasteiger partial charge is 0.250 e. The van der Waals surface area contributed by atoms with Gasteiger partial charge in [-0.25, -0.2) is 4.98 Å². The van der Waals surface area contributed by atoms with Crippen LogP contribution in [-0.4, -0.2) is 16.6 Å². The van der Waals surface area contributed by atoms with Gasteiger partial charge in [0.1, 0.15) is 0 Å². The second kappa shape index (κ2) is 5.54. The van der Waals surface area contributed by atoms with Crippen molar-refractivity contribution in [2.24, 2.45) is 7.05 Å². The Hall–Kier alpha value is -2.40. The second-order valence-corrected chi connectivity index (χ2v) is 5.56. The summed E-state index contributed by atoms with van der Waals surface area (Å²) < 4.78 is 1.59. The van der Waals surface area contributed by atoms with Crippen molar-refractivity contribution < 1.29 is 0 Å². The predicted octanol–water partition coefficient (Wildman–Crippen LogP) is 3.22. The fourth-order valence-electron chi connectivity index (χ4n) is 2.22. The van der Waals surface area contributed by atoms with Gasteiger partial charge in [0.2, 0.25) is 5.56 Å². The summed E-state index contributed by atoms with van der Waals surface area (Å²) in [6.07, 6.45) is 1.85. The van der Waals surface area contributed by atoms with Crippen molar-refractivity contribution in [3.8, 4) is 22.4 Å². The molecule has 5 heteroatoms. The molecule has 21 heavy (non-hydrogen) atoms. The largest absolute Gasteiger partial charge is 0.365 e. The molecule has 0 saturated heterocycles. The molecule has 4 nitrogen and oxygen atoms in total. The van der Waals surface area contributed by atoms with Gasteiger partial charge in [-0.05, 0) is 17.2 Å². The Balaban J connectivity index is 2.15. The molecule has 0 radical (unpaired) electrons. The zero-order valence-electron chi connectivity index (χ0n) is 11.8. The van der Waals surface area contributed by atoms with E-state index >= 15 is 0 Å². The molecule has 3 rings (SSSR count). The van der Waals surface area contributed by atoms with E-state index < -0.39 is 0 Å². The number of benzene rings is 1. The first kappa shape index (κ1) is 13.6. The second-order valence-electron chi connectivity index (χ2n) is 4.70. The molecule has 0 spiro atoms. The number of aromatic nitrogens is 2. The third kappa shape index (κ3) is 2.60. The Labute approximate surface area is 126 Å². The maximum atomic E-state index is 11.5. The van der Waals surface area contributed by atoms with Gasteiger partial charge in [-0.15, -0.1) is 11.3 Å². The first-order valence-electron chi connectivity index (χ1n) is 6.59. The van der Waals surface area contributed by atoms with Crippen LogP contribution in [0.2, 0.25) is 0 Å². The van der Waals surface area contributed by atoms with Crippen LogP contribution >= 0.6 is 11.3 Å². The van der Waals surface area contributed by atoms with Crippen molar-refractivity contribution in [3.63, 3.8) is 0 Å². The van der Waals surface area contributed by atoms with Crippen LogP contribution in [0.4, 0.5) is 5.13 Å². The van der Waals surface area contributed by atoms with Gasteiger partial charge in [-0.3, -0.25) is 4.79 Å². The highest BCUT2D eigenvalue weighted by Crippen LogP contribution is 2.33. The first-order valence-corrected chi connectivity index (χ1v) is 7.47. The number of hydrogen-bond donors (Lipinski definition) is 1. The highest BCUT2D eigenvalue weighted by molar-refractivity contribution is 7.14. The molecule has 2 heterocycles. The molecule has 3 aromatic rings. The molecule has 0 amide bonds. The van der Waals surface area contributed by atoms with Crippen LogP contribution in [0.15, 0.2) is 52.8 Å². The molecule has 2 aromatic heterocycles. The number of pyridine rings is 1. The number of aryl methyl sites for hydroxylation is 1. The number of hydrogen-bond acceptors (Lipinski definition) is 4. The lowest BCUT2D eigenvalue weighted by Gasteiger charge is -2.09. The van der Waals surface area contributed by atoms with E-state index in [-0.39, 0.29) is 5.56 Å². The maximum absolute atomic E-state index is 11.5. The fourth-order valence-corrected chi connectivity index (χ4v) is 2.90. The quantitative estimate of drug-likeness (QED) is 0.807. The average Bonchev–Trinajstić information content (AvgIpc) is 2.99. The number of nitrogens with zero attached hydrogens (tertiary/aromatic N) is 2. The lowest BCUT2D eigenvalue weighted by Crippen LogP contribution is -2.14. The van der Waals surface area contributed by atoms with Crippen molar-refractivity contribution in [1.82, 2.24) is 9.55 Å². The molecule has 0 aliphatic rings. The maximum Gasteiger partial charge on any atom is 0.250 e. The van der Waals surface area contributed by atoms with Crippen LogP contribution in [-0.2, 0) is 7.05 Å². The van der Waals surface area contributed by atoms with Crippen molar-refractivity contribution in [1.29, 1.82) is 0 Å². The van der Waals surface area contributed by atoms with E-state index in [9.17, 15) is 4.79 Å². The monoisotopic (exact) mass is 297 g/mol. The zero-order valence-corrected chi connectivity index (χ0v) is 12.6. The molecule has 0 saturated carbocycles. The van der Waals surface area contributed by atoms with Gasteiger partial charge in [0.25, 0.3) is 0 Å². The summed E-state index contributed by atoms with van der Waals surface area (Å²) in [7, 11) is 3.62. The first-order chi connectivity index (χ1) is 10.2. The summed E-state index contributed by atoms with van der Waals surface area (Å²) in [6.45, 7) is 0. The molecule has 1 N–H and O–H groups in total. The van der Waals surface area contributed by atoms with Crippen LogP contribution in [0.3, 0.4) is 0 Å². The summed E-state index contributed by atoms with van der Waals surface area (Å²) in [5.41, 5.74) is 4.07. The van der Waals surface area contributed by atoms with Gasteiger partial charge in [0.15, 0.2) is 5.13 Å². The van der Waals surface area contributed by atoms with E-state index in [1.54, 1.807) is 29.0 Å². The van der Waals surface area contributed by atoms with Gasteiger partial charge in [-0.2, -0.15) is 0 Å². The standard InChI is InChI=1S/C16H15N3OS/c1-17-16-18-14(10-21-16)13-6-4-3-5-12(13)11-7-8-15(20)19(2)9-11/h3-10H,1-2H3,(H,17,18). The zero-order chi connectivity index (χ0) is 14.8. The van der Waals surface area contributed by atoms with Crippen LogP contribution < -0.4 is 10.9 Å². The number of thiazole rings is 1. The highest BCUT2D eigenvalue weighted by Gasteiger charge is 2.10. The molecule has 106 valence electrons. The molecule has 0 unspecified atom stereocenters. The van der Waals surface area contributed by atoms with Crippen LogP contribution in [0, 0.1) is 0 Å². The van der Waals surface area contributed by atoms with Gasteiger partial charge in [0.05, 0.1) is 5.69 Å². The van der Waals surface area contributed by atoms with Crippen LogP contribution in [0.1, 0.15) is 0 Å². The molecular formula is C16H15N3OS. The van der Waals surface area contributed by atoms with E-state index in [1.807, 2.05) is 42.9 Å². The van der Waals surface area contributed by atoms with E-state index in [1.165, 1.54) is 0 Å². The Morgan fingerprint density at radius 3 is 2.57 bits per heavy atom. The Kier molecular flexibility index (Phi) is 3.58. The van der Waals surface area contributed by atoms with Gasteiger partial charge in [-0.1, -0.05) is 24.3 Å². The minimum absolute atomic E-state index is 0.0117. The van der Waals surface area contributed by atoms with Crippen molar-refractivity contribution in [2.45, 2.75) is 0 Å². The van der Waals surface area contributed by atoms with Gasteiger partial charge in [0, 0.05) is 37.3 Å². The lowest BCUT2D eigenvalue weighted by molar-refractivity contribution is 0.862. The molecule has 0 aliphatic heterocycles. The topological polar surface area (TPSA) is 46.9 Å². The minimum Gasteiger partial charge on any atom is -0.365 e. The molecule has 0 atom stereocenters. The van der Waals surface area contributed by atoms with E-state index in [2.05, 4.69) is 16.4 Å². The predicted molar refractivity (Wildman–Crippen MR) is 87.8 cm³/mol. The Morgan fingerprint density at radius 1 is 1.14 bits per heavy atom. The lowest BCUT2D eigenvalue weighted by atomic mass is 9.99. The van der Waals surface area contributed by atoms with E-state index in [4.69, 9.17) is 0 Å². The molecule has 0 fully saturated rings. The summed E-state index contributed by atoms with van der Waals surface area (Å²) in [4.78, 5) is 16.1. The minimum atomic E-state index is -0.0117. The third-order valence-corrected chi connectivity index (χ3v) is 4.18. The third-order valence-electron chi connectivity index (χ3n) is 3.32. The Bertz CT molecular complexity index is 835. The molecular weight excluding hydrogens is 282 g/mol. The van der Waals surface area contributed by atoms with Gasteiger partial charge < -0.3 is 9.88 Å². The van der Waals surface area contributed by atoms with Gasteiger partial charge >= 0.3 is 0 Å². The van der Waals surface area contributed by atoms with Crippen LogP contribution in [0.25, 0.3) is 22.4 Å². The summed E-state index contributed by atoms with van der Waals surface area (Å²) >= 11 is 1.58. The fraction of sp³-hybridized carbons (Fsp3) is 0.125. The summed E-state index contributed by atoms with van der Waals surface area (Å²) in [6, 6.07) is 11.5. The van der Waals surface area contributed by atoms with Crippen molar-refractivity contribution in [2.75, 3.05) is 12.4 Å². The SMILES string of the molecule is CNc1nc(-c2ccccc2-c2ccc(=O)n(C)c2)cs1. The Morgan fingerprint density at radius 2 is 1.90 bits per heavy atom. The summed E-state index contributed by atoms with van der Waals surface area (Å²) in [5, 5.41) is 5.98. The van der Waals surface area contributed by atoms with E-state index in [0.717, 1.165) is 27.5 Å². The molecule has 0 bridgehead atoms. The number of anilines is 1. The van der Waals surface area contributed by atoms with Crippen molar-refractivity contribution in [3.05, 3.63) is 58.3 Å². The van der Waals surface area contributed by atoms with E-state index in [0.29, 0.717) is 0 Å². The van der Waals surface area contributed by atoms with Crippen molar-refractivity contribution >= 4 is 16.5 Å². The van der Waals surface area contributed by atoms with Crippen LogP contribution in [0.5, 0.6) is 0 Å². The molecule has 0 aliphatic carbocycles. The normalized spacial score (nSPS) is 10.6. The number of nitrogens with one attached hydrogen (secondary N) is 1. The average molecular weight is 297 g/mol. The molecule has 1 aromatic carbocycles.